The summed E-state index contributed by atoms with van der Waals surface area (Å²) in [7, 11) is 0. The number of anilines is 1. The summed E-state index contributed by atoms with van der Waals surface area (Å²) in [4.78, 5) is 8.26. The molecular weight excluding hydrogens is 242 g/mol. The van der Waals surface area contributed by atoms with E-state index < -0.39 is 0 Å². The van der Waals surface area contributed by atoms with Gasteiger partial charge < -0.3 is 15.2 Å². The van der Waals surface area contributed by atoms with E-state index in [1.807, 2.05) is 6.92 Å². The predicted molar refractivity (Wildman–Crippen MR) is 74.3 cm³/mol. The fourth-order valence-corrected chi connectivity index (χ4v) is 2.54. The van der Waals surface area contributed by atoms with E-state index in [0.29, 0.717) is 12.5 Å². The van der Waals surface area contributed by atoms with Crippen molar-refractivity contribution in [3.8, 4) is 5.88 Å². The zero-order chi connectivity index (χ0) is 13.7. The molecule has 0 radical (unpaired) electrons. The van der Waals surface area contributed by atoms with E-state index in [0.717, 1.165) is 37.4 Å². The van der Waals surface area contributed by atoms with Gasteiger partial charge in [0.1, 0.15) is 12.1 Å². The van der Waals surface area contributed by atoms with Gasteiger partial charge in [0.05, 0.1) is 18.8 Å². The Morgan fingerprint density at radius 1 is 1.42 bits per heavy atom. The smallest absolute Gasteiger partial charge is 0.218 e. The third-order valence-electron chi connectivity index (χ3n) is 3.86. The Labute approximate surface area is 114 Å². The standard InChI is InChI=1S/C14H23N3O2/c1-3-19-13-8-12(15-10-16-13)17-14(9-18)6-4-11(2)5-7-14/h8,10-11,18H,3-7,9H2,1-2H3,(H,15,16,17). The Bertz CT molecular complexity index is 403. The molecular formula is C14H23N3O2. The normalized spacial score (nSPS) is 27.0. The molecule has 1 aliphatic carbocycles. The lowest BCUT2D eigenvalue weighted by Gasteiger charge is -2.39. The first-order valence-electron chi connectivity index (χ1n) is 7.01. The number of aliphatic hydroxyl groups excluding tert-OH is 1. The molecule has 0 spiro atoms. The van der Waals surface area contributed by atoms with Crippen molar-refractivity contribution < 1.29 is 9.84 Å². The second-order valence-electron chi connectivity index (χ2n) is 5.42. The van der Waals surface area contributed by atoms with Gasteiger partial charge in [-0.1, -0.05) is 6.92 Å². The molecule has 106 valence electrons. The van der Waals surface area contributed by atoms with Crippen LogP contribution < -0.4 is 10.1 Å². The molecule has 19 heavy (non-hydrogen) atoms. The van der Waals surface area contributed by atoms with Gasteiger partial charge in [-0.2, -0.15) is 0 Å². The first kappa shape index (κ1) is 14.1. The molecule has 1 heterocycles. The molecule has 2 rings (SSSR count). The van der Waals surface area contributed by atoms with Gasteiger partial charge in [0.25, 0.3) is 0 Å². The highest BCUT2D eigenvalue weighted by Crippen LogP contribution is 2.34. The lowest BCUT2D eigenvalue weighted by Crippen LogP contribution is -2.45. The fraction of sp³-hybridized carbons (Fsp3) is 0.714. The van der Waals surface area contributed by atoms with E-state index in [-0.39, 0.29) is 12.1 Å². The summed E-state index contributed by atoms with van der Waals surface area (Å²) < 4.78 is 5.37. The van der Waals surface area contributed by atoms with Crippen LogP contribution in [0.25, 0.3) is 0 Å². The Morgan fingerprint density at radius 3 is 2.79 bits per heavy atom. The molecule has 1 fully saturated rings. The summed E-state index contributed by atoms with van der Waals surface area (Å²) in [5, 5.41) is 13.1. The molecule has 0 amide bonds. The number of aliphatic hydroxyl groups is 1. The molecule has 0 saturated heterocycles. The third kappa shape index (κ3) is 3.56. The van der Waals surface area contributed by atoms with Gasteiger partial charge in [0, 0.05) is 6.07 Å². The topological polar surface area (TPSA) is 67.3 Å². The Morgan fingerprint density at radius 2 is 2.16 bits per heavy atom. The fourth-order valence-electron chi connectivity index (χ4n) is 2.54. The van der Waals surface area contributed by atoms with Crippen molar-refractivity contribution in [2.75, 3.05) is 18.5 Å². The molecule has 1 saturated carbocycles. The molecule has 0 aromatic carbocycles. The van der Waals surface area contributed by atoms with Crippen LogP contribution in [-0.4, -0.2) is 33.8 Å². The monoisotopic (exact) mass is 265 g/mol. The number of nitrogens with zero attached hydrogens (tertiary/aromatic N) is 2. The minimum absolute atomic E-state index is 0.133. The number of hydrogen-bond acceptors (Lipinski definition) is 5. The molecule has 0 aliphatic heterocycles. The van der Waals surface area contributed by atoms with Gasteiger partial charge in [0.15, 0.2) is 0 Å². The molecule has 0 bridgehead atoms. The van der Waals surface area contributed by atoms with Crippen molar-refractivity contribution in [1.82, 2.24) is 9.97 Å². The SMILES string of the molecule is CCOc1cc(NC2(CO)CCC(C)CC2)ncn1. The number of aromatic nitrogens is 2. The minimum Gasteiger partial charge on any atom is -0.478 e. The maximum Gasteiger partial charge on any atom is 0.218 e. The summed E-state index contributed by atoms with van der Waals surface area (Å²) in [6.07, 6.45) is 5.70. The molecule has 2 N–H and O–H groups in total. The first-order valence-corrected chi connectivity index (χ1v) is 7.01. The van der Waals surface area contributed by atoms with Gasteiger partial charge in [-0.05, 0) is 38.5 Å². The summed E-state index contributed by atoms with van der Waals surface area (Å²) in [6, 6.07) is 1.79. The lowest BCUT2D eigenvalue weighted by atomic mass is 9.77. The van der Waals surface area contributed by atoms with Crippen molar-refractivity contribution in [1.29, 1.82) is 0 Å². The van der Waals surface area contributed by atoms with E-state index >= 15 is 0 Å². The van der Waals surface area contributed by atoms with Crippen molar-refractivity contribution in [3.63, 3.8) is 0 Å². The highest BCUT2D eigenvalue weighted by Gasteiger charge is 2.33. The average molecular weight is 265 g/mol. The van der Waals surface area contributed by atoms with Crippen LogP contribution in [-0.2, 0) is 0 Å². The Balaban J connectivity index is 2.07. The number of ether oxygens (including phenoxy) is 1. The minimum atomic E-state index is -0.246. The van der Waals surface area contributed by atoms with Crippen LogP contribution in [0.5, 0.6) is 5.88 Å². The van der Waals surface area contributed by atoms with Crippen molar-refractivity contribution >= 4 is 5.82 Å². The molecule has 1 aliphatic rings. The summed E-state index contributed by atoms with van der Waals surface area (Å²) >= 11 is 0. The van der Waals surface area contributed by atoms with Crippen LogP contribution in [0.1, 0.15) is 39.5 Å². The highest BCUT2D eigenvalue weighted by atomic mass is 16.5. The molecule has 0 unspecified atom stereocenters. The van der Waals surface area contributed by atoms with E-state index in [4.69, 9.17) is 4.74 Å². The molecule has 0 atom stereocenters. The van der Waals surface area contributed by atoms with Crippen LogP contribution in [0.15, 0.2) is 12.4 Å². The lowest BCUT2D eigenvalue weighted by molar-refractivity contribution is 0.155. The summed E-state index contributed by atoms with van der Waals surface area (Å²) in [5.74, 6) is 2.03. The number of rotatable bonds is 5. The van der Waals surface area contributed by atoms with Crippen LogP contribution in [0.4, 0.5) is 5.82 Å². The van der Waals surface area contributed by atoms with Crippen molar-refractivity contribution in [2.24, 2.45) is 5.92 Å². The van der Waals surface area contributed by atoms with Gasteiger partial charge in [-0.25, -0.2) is 9.97 Å². The van der Waals surface area contributed by atoms with E-state index in [9.17, 15) is 5.11 Å². The molecule has 1 aromatic heterocycles. The van der Waals surface area contributed by atoms with Crippen LogP contribution in [0.2, 0.25) is 0 Å². The van der Waals surface area contributed by atoms with E-state index in [1.54, 1.807) is 6.07 Å². The van der Waals surface area contributed by atoms with Gasteiger partial charge in [0.2, 0.25) is 5.88 Å². The summed E-state index contributed by atoms with van der Waals surface area (Å²) in [5.41, 5.74) is -0.246. The molecule has 1 aromatic rings. The van der Waals surface area contributed by atoms with E-state index in [2.05, 4.69) is 22.2 Å². The van der Waals surface area contributed by atoms with Crippen molar-refractivity contribution in [2.45, 2.75) is 45.1 Å². The maximum atomic E-state index is 9.72. The molecule has 5 nitrogen and oxygen atoms in total. The van der Waals surface area contributed by atoms with Crippen LogP contribution >= 0.6 is 0 Å². The Hall–Kier alpha value is -1.36. The van der Waals surface area contributed by atoms with E-state index in [1.165, 1.54) is 6.33 Å². The molecule has 5 heteroatoms. The zero-order valence-corrected chi connectivity index (χ0v) is 11.7. The average Bonchev–Trinajstić information content (AvgIpc) is 2.43. The van der Waals surface area contributed by atoms with Crippen LogP contribution in [0, 0.1) is 5.92 Å². The Kier molecular flexibility index (Phi) is 4.58. The van der Waals surface area contributed by atoms with Gasteiger partial charge in [-0.15, -0.1) is 0 Å². The van der Waals surface area contributed by atoms with Gasteiger partial charge >= 0.3 is 0 Å². The second-order valence-corrected chi connectivity index (χ2v) is 5.42. The largest absolute Gasteiger partial charge is 0.478 e. The quantitative estimate of drug-likeness (QED) is 0.854. The van der Waals surface area contributed by atoms with Crippen molar-refractivity contribution in [3.05, 3.63) is 12.4 Å². The zero-order valence-electron chi connectivity index (χ0n) is 11.7. The first-order chi connectivity index (χ1) is 9.17. The number of nitrogens with one attached hydrogen (secondary N) is 1. The van der Waals surface area contributed by atoms with Gasteiger partial charge in [-0.3, -0.25) is 0 Å². The predicted octanol–water partition coefficient (Wildman–Crippen LogP) is 2.23. The third-order valence-corrected chi connectivity index (χ3v) is 3.86. The second kappa shape index (κ2) is 6.19. The maximum absolute atomic E-state index is 9.72. The summed E-state index contributed by atoms with van der Waals surface area (Å²) in [6.45, 7) is 4.90. The van der Waals surface area contributed by atoms with Crippen LogP contribution in [0.3, 0.4) is 0 Å². The number of hydrogen-bond donors (Lipinski definition) is 2. The highest BCUT2D eigenvalue weighted by molar-refractivity contribution is 5.40.